The van der Waals surface area contributed by atoms with E-state index < -0.39 is 24.4 Å². The lowest BCUT2D eigenvalue weighted by molar-refractivity contribution is -0.144. The summed E-state index contributed by atoms with van der Waals surface area (Å²) >= 11 is 0. The first-order valence-electron chi connectivity index (χ1n) is 6.92. The third kappa shape index (κ3) is 5.30. The van der Waals surface area contributed by atoms with Crippen LogP contribution in [-0.4, -0.2) is 31.2 Å². The molecule has 1 aliphatic rings. The summed E-state index contributed by atoms with van der Waals surface area (Å²) in [6.07, 6.45) is -5.37. The van der Waals surface area contributed by atoms with E-state index >= 15 is 0 Å². The summed E-state index contributed by atoms with van der Waals surface area (Å²) < 4.78 is 49.2. The highest BCUT2D eigenvalue weighted by Gasteiger charge is 2.35. The highest BCUT2D eigenvalue weighted by atomic mass is 19.4. The van der Waals surface area contributed by atoms with Gasteiger partial charge in [-0.25, -0.2) is 0 Å². The minimum atomic E-state index is -4.22. The van der Waals surface area contributed by atoms with E-state index in [9.17, 15) is 13.2 Å². The molecule has 1 saturated heterocycles. The van der Waals surface area contributed by atoms with Crippen LogP contribution in [-0.2, 0) is 9.47 Å². The fraction of sp³-hybridized carbons (Fsp3) is 0.600. The summed E-state index contributed by atoms with van der Waals surface area (Å²) in [6.45, 7) is 4.28. The Morgan fingerprint density at radius 2 is 1.95 bits per heavy atom. The molecule has 1 aromatic carbocycles. The van der Waals surface area contributed by atoms with Gasteiger partial charge in [-0.2, -0.15) is 13.2 Å². The molecule has 6 heteroatoms. The minimum Gasteiger partial charge on any atom is -0.348 e. The zero-order valence-corrected chi connectivity index (χ0v) is 12.1. The van der Waals surface area contributed by atoms with E-state index in [1.54, 1.807) is 44.2 Å². The molecule has 0 spiro atoms. The molecule has 0 aliphatic carbocycles. The topological polar surface area (TPSA) is 30.5 Å². The maximum absolute atomic E-state index is 12.7. The quantitative estimate of drug-likeness (QED) is 0.904. The van der Waals surface area contributed by atoms with Gasteiger partial charge in [-0.1, -0.05) is 30.3 Å². The van der Waals surface area contributed by atoms with Crippen LogP contribution in [0.1, 0.15) is 31.9 Å². The van der Waals surface area contributed by atoms with Gasteiger partial charge >= 0.3 is 6.18 Å². The van der Waals surface area contributed by atoms with E-state index in [0.29, 0.717) is 18.7 Å². The lowest BCUT2D eigenvalue weighted by Gasteiger charge is -2.23. The fourth-order valence-corrected chi connectivity index (χ4v) is 2.36. The van der Waals surface area contributed by atoms with E-state index in [4.69, 9.17) is 9.47 Å². The molecule has 0 saturated carbocycles. The summed E-state index contributed by atoms with van der Waals surface area (Å²) in [5.74, 6) is -0.668. The molecule has 1 N–H and O–H groups in total. The largest absolute Gasteiger partial charge is 0.390 e. The predicted octanol–water partition coefficient (Wildman–Crippen LogP) is 3.42. The molecule has 3 nitrogen and oxygen atoms in total. The number of hydrogen-bond donors (Lipinski definition) is 1. The Labute approximate surface area is 122 Å². The van der Waals surface area contributed by atoms with Crippen molar-refractivity contribution in [3.05, 3.63) is 35.9 Å². The average molecular weight is 303 g/mol. The first kappa shape index (κ1) is 16.3. The lowest BCUT2D eigenvalue weighted by atomic mass is 10.0. The normalized spacial score (nSPS) is 23.2. The summed E-state index contributed by atoms with van der Waals surface area (Å²) in [5, 5.41) is 2.95. The van der Waals surface area contributed by atoms with E-state index in [1.807, 2.05) is 0 Å². The molecule has 1 aromatic rings. The molecule has 118 valence electrons. The van der Waals surface area contributed by atoms with Crippen molar-refractivity contribution in [3.63, 3.8) is 0 Å². The van der Waals surface area contributed by atoms with Gasteiger partial charge in [0.2, 0.25) is 0 Å². The molecule has 2 unspecified atom stereocenters. The Balaban J connectivity index is 1.97. The molecule has 1 aliphatic heterocycles. The van der Waals surface area contributed by atoms with Crippen LogP contribution in [0.3, 0.4) is 0 Å². The summed E-state index contributed by atoms with van der Waals surface area (Å²) in [5.41, 5.74) is 0.619. The van der Waals surface area contributed by atoms with Crippen LogP contribution >= 0.6 is 0 Å². The third-order valence-corrected chi connectivity index (χ3v) is 3.30. The van der Waals surface area contributed by atoms with Crippen molar-refractivity contribution in [1.29, 1.82) is 0 Å². The van der Waals surface area contributed by atoms with Crippen molar-refractivity contribution in [2.24, 2.45) is 0 Å². The summed E-state index contributed by atoms with van der Waals surface area (Å²) in [6, 6.07) is 7.86. The smallest absolute Gasteiger partial charge is 0.348 e. The Morgan fingerprint density at radius 1 is 1.29 bits per heavy atom. The van der Waals surface area contributed by atoms with Gasteiger partial charge in [-0.15, -0.1) is 0 Å². The molecular weight excluding hydrogens is 283 g/mol. The van der Waals surface area contributed by atoms with Gasteiger partial charge in [0.15, 0.2) is 5.79 Å². The van der Waals surface area contributed by atoms with E-state index in [1.165, 1.54) is 0 Å². The van der Waals surface area contributed by atoms with Crippen molar-refractivity contribution in [2.75, 3.05) is 13.2 Å². The third-order valence-electron chi connectivity index (χ3n) is 3.30. The van der Waals surface area contributed by atoms with Crippen molar-refractivity contribution in [1.82, 2.24) is 5.32 Å². The van der Waals surface area contributed by atoms with Gasteiger partial charge < -0.3 is 14.8 Å². The van der Waals surface area contributed by atoms with Gasteiger partial charge in [-0.05, 0) is 19.4 Å². The summed E-state index contributed by atoms with van der Waals surface area (Å²) in [7, 11) is 0. The molecule has 0 amide bonds. The van der Waals surface area contributed by atoms with Crippen molar-refractivity contribution < 1.29 is 22.6 Å². The number of halogens is 3. The van der Waals surface area contributed by atoms with Crippen LogP contribution in [0, 0.1) is 0 Å². The molecular formula is C15H20F3NO2. The van der Waals surface area contributed by atoms with Crippen molar-refractivity contribution in [3.8, 4) is 0 Å². The van der Waals surface area contributed by atoms with Gasteiger partial charge in [0.1, 0.15) is 0 Å². The van der Waals surface area contributed by atoms with Crippen LogP contribution in [0.5, 0.6) is 0 Å². The molecule has 1 fully saturated rings. The number of rotatable bonds is 5. The number of ether oxygens (including phenoxy) is 2. The highest BCUT2D eigenvalue weighted by molar-refractivity contribution is 5.19. The average Bonchev–Trinajstić information content (AvgIpc) is 2.74. The van der Waals surface area contributed by atoms with Crippen LogP contribution < -0.4 is 5.32 Å². The minimum absolute atomic E-state index is 0.237. The molecule has 2 rings (SSSR count). The Bertz CT molecular complexity index is 448. The molecule has 2 atom stereocenters. The lowest BCUT2D eigenvalue weighted by Crippen LogP contribution is -2.35. The highest BCUT2D eigenvalue weighted by Crippen LogP contribution is 2.30. The van der Waals surface area contributed by atoms with E-state index in [0.717, 1.165) is 0 Å². The fourth-order valence-electron chi connectivity index (χ4n) is 2.36. The van der Waals surface area contributed by atoms with Crippen LogP contribution in [0.2, 0.25) is 0 Å². The van der Waals surface area contributed by atoms with Crippen LogP contribution in [0.4, 0.5) is 13.2 Å². The van der Waals surface area contributed by atoms with Gasteiger partial charge in [0, 0.05) is 12.6 Å². The second-order valence-corrected chi connectivity index (χ2v) is 5.64. The summed E-state index contributed by atoms with van der Waals surface area (Å²) in [4.78, 5) is 0. The van der Waals surface area contributed by atoms with Crippen molar-refractivity contribution in [2.45, 2.75) is 44.4 Å². The van der Waals surface area contributed by atoms with Crippen LogP contribution in [0.15, 0.2) is 30.3 Å². The van der Waals surface area contributed by atoms with E-state index in [2.05, 4.69) is 5.32 Å². The maximum atomic E-state index is 12.7. The number of benzene rings is 1. The maximum Gasteiger partial charge on any atom is 0.390 e. The molecule has 0 bridgehead atoms. The Hall–Kier alpha value is -1.11. The molecule has 0 radical (unpaired) electrons. The first-order chi connectivity index (χ1) is 9.75. The second-order valence-electron chi connectivity index (χ2n) is 5.64. The SMILES string of the molecule is CC1(C)OCC(CNC(CC(F)(F)F)c2ccccc2)O1. The Kier molecular flexibility index (Phi) is 4.91. The first-order valence-corrected chi connectivity index (χ1v) is 6.92. The van der Waals surface area contributed by atoms with Gasteiger partial charge in [0.25, 0.3) is 0 Å². The van der Waals surface area contributed by atoms with E-state index in [-0.39, 0.29) is 6.10 Å². The second kappa shape index (κ2) is 6.34. The molecule has 0 aromatic heterocycles. The number of nitrogens with one attached hydrogen (secondary N) is 1. The Morgan fingerprint density at radius 3 is 2.48 bits per heavy atom. The van der Waals surface area contributed by atoms with Gasteiger partial charge in [-0.3, -0.25) is 0 Å². The molecule has 1 heterocycles. The standard InChI is InChI=1S/C15H20F3NO2/c1-14(2)20-10-12(21-14)9-19-13(8-15(16,17)18)11-6-4-3-5-7-11/h3-7,12-13,19H,8-10H2,1-2H3. The zero-order chi connectivity index (χ0) is 15.5. The number of hydrogen-bond acceptors (Lipinski definition) is 3. The number of alkyl halides is 3. The molecule has 21 heavy (non-hydrogen) atoms. The van der Waals surface area contributed by atoms with Gasteiger partial charge in [0.05, 0.1) is 19.1 Å². The predicted molar refractivity (Wildman–Crippen MR) is 72.8 cm³/mol. The van der Waals surface area contributed by atoms with Crippen LogP contribution in [0.25, 0.3) is 0 Å². The zero-order valence-electron chi connectivity index (χ0n) is 12.1. The monoisotopic (exact) mass is 303 g/mol. The van der Waals surface area contributed by atoms with Crippen molar-refractivity contribution >= 4 is 0 Å².